The van der Waals surface area contributed by atoms with Gasteiger partial charge in [-0.05, 0) is 25.3 Å². The van der Waals surface area contributed by atoms with E-state index in [1.807, 2.05) is 17.9 Å². The van der Waals surface area contributed by atoms with Crippen LogP contribution in [0.4, 0.5) is 0 Å². The number of aryl methyl sites for hydroxylation is 1. The molecule has 2 N–H and O–H groups in total. The highest BCUT2D eigenvalue weighted by atomic mass is 15.3. The van der Waals surface area contributed by atoms with E-state index < -0.39 is 0 Å². The van der Waals surface area contributed by atoms with Gasteiger partial charge in [0.05, 0.1) is 12.2 Å². The minimum absolute atomic E-state index is 0.232. The Morgan fingerprint density at radius 1 is 1.44 bits per heavy atom. The maximum atomic E-state index is 6.41. The minimum Gasteiger partial charge on any atom is -0.326 e. The third-order valence-electron chi connectivity index (χ3n) is 3.70. The lowest BCUT2D eigenvalue weighted by Crippen LogP contribution is -2.41. The van der Waals surface area contributed by atoms with Gasteiger partial charge in [-0.25, -0.2) is 0 Å². The fraction of sp³-hybridized carbons (Fsp3) is 0.786. The van der Waals surface area contributed by atoms with Crippen LogP contribution in [0.2, 0.25) is 0 Å². The molecule has 0 radical (unpaired) electrons. The summed E-state index contributed by atoms with van der Waals surface area (Å²) in [6.45, 7) is 6.83. The van der Waals surface area contributed by atoms with Gasteiger partial charge in [0, 0.05) is 31.4 Å². The van der Waals surface area contributed by atoms with Crippen molar-refractivity contribution in [2.75, 3.05) is 13.1 Å². The van der Waals surface area contributed by atoms with Crippen LogP contribution >= 0.6 is 0 Å². The first-order valence-electron chi connectivity index (χ1n) is 7.06. The van der Waals surface area contributed by atoms with Crippen molar-refractivity contribution in [3.05, 3.63) is 18.0 Å². The Kier molecular flexibility index (Phi) is 4.40. The first-order chi connectivity index (χ1) is 8.58. The highest BCUT2D eigenvalue weighted by Gasteiger charge is 2.29. The van der Waals surface area contributed by atoms with Gasteiger partial charge in [0.25, 0.3) is 0 Å². The Labute approximate surface area is 110 Å². The number of hydrogen-bond acceptors (Lipinski definition) is 3. The van der Waals surface area contributed by atoms with E-state index in [1.165, 1.54) is 18.4 Å². The zero-order chi connectivity index (χ0) is 13.1. The molecule has 1 saturated heterocycles. The smallest absolute Gasteiger partial charge is 0.0538 e. The van der Waals surface area contributed by atoms with Crippen molar-refractivity contribution < 1.29 is 0 Å². The van der Waals surface area contributed by atoms with Crippen LogP contribution in [0.3, 0.4) is 0 Å². The molecule has 2 atom stereocenters. The standard InChI is InChI=1S/C14H26N4/c1-11(2)9-18-7-5-4-6-13(15)14(18)12-8-16-17(3)10-12/h8,10-11,13-14H,4-7,9,15H2,1-3H3. The zero-order valence-electron chi connectivity index (χ0n) is 11.8. The maximum absolute atomic E-state index is 6.41. The Balaban J connectivity index is 2.22. The number of rotatable bonds is 3. The summed E-state index contributed by atoms with van der Waals surface area (Å²) < 4.78 is 1.88. The Hall–Kier alpha value is -0.870. The van der Waals surface area contributed by atoms with E-state index in [0.29, 0.717) is 12.0 Å². The van der Waals surface area contributed by atoms with Gasteiger partial charge in [-0.1, -0.05) is 20.3 Å². The van der Waals surface area contributed by atoms with E-state index in [0.717, 1.165) is 19.5 Å². The van der Waals surface area contributed by atoms with E-state index >= 15 is 0 Å². The number of nitrogens with zero attached hydrogens (tertiary/aromatic N) is 3. The average molecular weight is 250 g/mol. The van der Waals surface area contributed by atoms with Crippen molar-refractivity contribution in [2.24, 2.45) is 18.7 Å². The topological polar surface area (TPSA) is 47.1 Å². The van der Waals surface area contributed by atoms with Crippen molar-refractivity contribution in [2.45, 2.75) is 45.2 Å². The first-order valence-corrected chi connectivity index (χ1v) is 7.06. The van der Waals surface area contributed by atoms with E-state index in [-0.39, 0.29) is 6.04 Å². The van der Waals surface area contributed by atoms with Gasteiger partial charge in [0.15, 0.2) is 0 Å². The summed E-state index contributed by atoms with van der Waals surface area (Å²) in [5.41, 5.74) is 7.68. The number of likely N-dealkylation sites (tertiary alicyclic amines) is 1. The molecule has 1 aliphatic heterocycles. The van der Waals surface area contributed by atoms with E-state index in [9.17, 15) is 0 Å². The van der Waals surface area contributed by atoms with Crippen LogP contribution in [0.1, 0.15) is 44.7 Å². The second-order valence-corrected chi connectivity index (χ2v) is 5.94. The van der Waals surface area contributed by atoms with Crippen molar-refractivity contribution in [3.8, 4) is 0 Å². The lowest BCUT2D eigenvalue weighted by molar-refractivity contribution is 0.165. The Bertz CT molecular complexity index is 372. The van der Waals surface area contributed by atoms with Gasteiger partial charge < -0.3 is 5.73 Å². The van der Waals surface area contributed by atoms with Crippen LogP contribution in [0.25, 0.3) is 0 Å². The summed E-state index contributed by atoms with van der Waals surface area (Å²) >= 11 is 0. The van der Waals surface area contributed by atoms with Gasteiger partial charge >= 0.3 is 0 Å². The Morgan fingerprint density at radius 2 is 2.22 bits per heavy atom. The average Bonchev–Trinajstić information content (AvgIpc) is 2.62. The lowest BCUT2D eigenvalue weighted by Gasteiger charge is -2.34. The largest absolute Gasteiger partial charge is 0.326 e. The molecule has 4 heteroatoms. The molecule has 4 nitrogen and oxygen atoms in total. The molecule has 2 heterocycles. The molecule has 102 valence electrons. The zero-order valence-corrected chi connectivity index (χ0v) is 11.8. The molecule has 2 rings (SSSR count). The molecule has 2 unspecified atom stereocenters. The maximum Gasteiger partial charge on any atom is 0.0538 e. The summed E-state index contributed by atoms with van der Waals surface area (Å²) in [6, 6.07) is 0.569. The van der Waals surface area contributed by atoms with Crippen LogP contribution in [-0.4, -0.2) is 33.8 Å². The molecule has 1 aromatic heterocycles. The highest BCUT2D eigenvalue weighted by Crippen LogP contribution is 2.29. The quantitative estimate of drug-likeness (QED) is 0.891. The normalized spacial score (nSPS) is 26.5. The monoisotopic (exact) mass is 250 g/mol. The molecule has 1 aliphatic rings. The summed E-state index contributed by atoms with van der Waals surface area (Å²) in [5.74, 6) is 0.675. The van der Waals surface area contributed by atoms with Gasteiger partial charge in [0.2, 0.25) is 0 Å². The van der Waals surface area contributed by atoms with Crippen molar-refractivity contribution in [3.63, 3.8) is 0 Å². The van der Waals surface area contributed by atoms with E-state index in [4.69, 9.17) is 5.73 Å². The molecule has 1 aromatic rings. The molecule has 18 heavy (non-hydrogen) atoms. The van der Waals surface area contributed by atoms with Crippen molar-refractivity contribution in [1.82, 2.24) is 14.7 Å². The molecule has 0 aliphatic carbocycles. The molecule has 1 fully saturated rings. The molecule has 0 amide bonds. The number of hydrogen-bond donors (Lipinski definition) is 1. The van der Waals surface area contributed by atoms with Gasteiger partial charge in [-0.15, -0.1) is 0 Å². The predicted molar refractivity (Wildman–Crippen MR) is 74.2 cm³/mol. The van der Waals surface area contributed by atoms with Crippen LogP contribution in [0.5, 0.6) is 0 Å². The summed E-state index contributed by atoms with van der Waals surface area (Å²) in [4.78, 5) is 2.55. The summed E-state index contributed by atoms with van der Waals surface area (Å²) in [6.07, 6.45) is 7.71. The van der Waals surface area contributed by atoms with Crippen molar-refractivity contribution in [1.29, 1.82) is 0 Å². The van der Waals surface area contributed by atoms with E-state index in [1.54, 1.807) is 0 Å². The summed E-state index contributed by atoms with van der Waals surface area (Å²) in [5, 5.41) is 4.30. The number of nitrogens with two attached hydrogens (primary N) is 1. The lowest BCUT2D eigenvalue weighted by atomic mass is 9.98. The molecular formula is C14H26N4. The number of aromatic nitrogens is 2. The van der Waals surface area contributed by atoms with Crippen LogP contribution in [-0.2, 0) is 7.05 Å². The minimum atomic E-state index is 0.232. The molecule has 0 saturated carbocycles. The Morgan fingerprint density at radius 3 is 2.83 bits per heavy atom. The van der Waals surface area contributed by atoms with Crippen molar-refractivity contribution >= 4 is 0 Å². The van der Waals surface area contributed by atoms with Crippen LogP contribution in [0.15, 0.2) is 12.4 Å². The first kappa shape index (κ1) is 13.6. The molecule has 0 spiro atoms. The van der Waals surface area contributed by atoms with Crippen LogP contribution < -0.4 is 5.73 Å². The SMILES string of the molecule is CC(C)CN1CCCCC(N)C1c1cnn(C)c1. The predicted octanol–water partition coefficient (Wildman–Crippen LogP) is 1.93. The molecule has 0 bridgehead atoms. The summed E-state index contributed by atoms with van der Waals surface area (Å²) in [7, 11) is 1.97. The van der Waals surface area contributed by atoms with Gasteiger partial charge in [-0.3, -0.25) is 9.58 Å². The fourth-order valence-corrected chi connectivity index (χ4v) is 2.99. The highest BCUT2D eigenvalue weighted by molar-refractivity contribution is 5.14. The van der Waals surface area contributed by atoms with Gasteiger partial charge in [-0.2, -0.15) is 5.10 Å². The molecule has 0 aromatic carbocycles. The fourth-order valence-electron chi connectivity index (χ4n) is 2.99. The second-order valence-electron chi connectivity index (χ2n) is 5.94. The van der Waals surface area contributed by atoms with E-state index in [2.05, 4.69) is 30.0 Å². The third-order valence-corrected chi connectivity index (χ3v) is 3.70. The van der Waals surface area contributed by atoms with Gasteiger partial charge in [0.1, 0.15) is 0 Å². The third kappa shape index (κ3) is 3.12. The second kappa shape index (κ2) is 5.85. The van der Waals surface area contributed by atoms with Crippen LogP contribution in [0, 0.1) is 5.92 Å². The molecular weight excluding hydrogens is 224 g/mol.